The lowest BCUT2D eigenvalue weighted by Gasteiger charge is -2.52. The summed E-state index contributed by atoms with van der Waals surface area (Å²) >= 11 is 0. The highest BCUT2D eigenvalue weighted by atomic mass is 31.2. The van der Waals surface area contributed by atoms with Gasteiger partial charge < -0.3 is 18.9 Å². The third-order valence-corrected chi connectivity index (χ3v) is 25.2. The van der Waals surface area contributed by atoms with Crippen molar-refractivity contribution in [1.29, 1.82) is 0 Å². The number of rotatable bonds is 13. The first-order valence-electron chi connectivity index (χ1n) is 19.1. The van der Waals surface area contributed by atoms with Crippen LogP contribution in [-0.4, -0.2) is 61.9 Å². The molecule has 1 aliphatic heterocycles. The van der Waals surface area contributed by atoms with E-state index in [1.165, 1.54) is 4.90 Å². The third-order valence-electron chi connectivity index (χ3n) is 12.0. The molecule has 4 aromatic carbocycles. The number of hydrogen-bond acceptors (Lipinski definition) is 5. The summed E-state index contributed by atoms with van der Waals surface area (Å²) in [6.45, 7) is 20.2. The SMILES string of the molecule is C[C@@H](O[Si](C)(C)C(C)(C)C)[C@H]1C(=O)N(C(C(=O)O)=P(c2ccccc2)(c2ccccc2)c2ccccc2)[C@@H]1CC(=O)c1cccc(O[Si](C)(C)C(C)(C)C)c1. The zero-order valence-electron chi connectivity index (χ0n) is 34.3. The molecule has 1 amide bonds. The van der Waals surface area contributed by atoms with Gasteiger partial charge in [0.05, 0.1) is 18.1 Å². The van der Waals surface area contributed by atoms with Crippen molar-refractivity contribution in [2.24, 2.45) is 5.92 Å². The first kappa shape index (κ1) is 42.1. The number of benzene rings is 4. The van der Waals surface area contributed by atoms with Gasteiger partial charge in [0.1, 0.15) is 11.2 Å². The van der Waals surface area contributed by atoms with E-state index in [1.54, 1.807) is 12.1 Å². The predicted octanol–water partition coefficient (Wildman–Crippen LogP) is 9.09. The van der Waals surface area contributed by atoms with Crippen molar-refractivity contribution in [2.45, 2.75) is 103 Å². The second-order valence-electron chi connectivity index (χ2n) is 17.7. The number of amides is 1. The van der Waals surface area contributed by atoms with Gasteiger partial charge in [-0.2, -0.15) is 0 Å². The van der Waals surface area contributed by atoms with Crippen molar-refractivity contribution in [3.8, 4) is 5.75 Å². The Labute approximate surface area is 330 Å². The van der Waals surface area contributed by atoms with Crippen molar-refractivity contribution in [3.05, 3.63) is 121 Å². The molecule has 0 spiro atoms. The highest BCUT2D eigenvalue weighted by molar-refractivity contribution is 7.96. The Morgan fingerprint density at radius 2 is 1.18 bits per heavy atom. The molecule has 1 saturated heterocycles. The minimum atomic E-state index is -3.24. The standard InChI is InChI=1S/C45H58NO6PSi2/c1-32(51-54(8,9)44(2,3)4)40-38(31-39(47)33-22-21-23-34(30-33)52-55(10,11)45(5,6)7)46(41(40)48)42(43(49)50)53(35-24-15-12-16-25-35,36-26-17-13-18-27-36)37-28-19-14-20-29-37/h12-30,32,38,40H,31H2,1-11H3,(H,49,50)/t32-,38-,40-/m1/s1. The van der Waals surface area contributed by atoms with Gasteiger partial charge in [0.15, 0.2) is 14.1 Å². The summed E-state index contributed by atoms with van der Waals surface area (Å²) in [6, 6.07) is 35.4. The average Bonchev–Trinajstić information content (AvgIpc) is 3.11. The molecule has 0 radical (unpaired) electrons. The largest absolute Gasteiger partial charge is 0.543 e. The summed E-state index contributed by atoms with van der Waals surface area (Å²) in [5, 5.41) is 13.7. The number of nitrogens with zero attached hydrogens (tertiary/aromatic N) is 1. The number of ketones is 1. The van der Waals surface area contributed by atoms with Crippen LogP contribution >= 0.6 is 6.89 Å². The molecule has 0 bridgehead atoms. The van der Waals surface area contributed by atoms with Crippen LogP contribution in [0.2, 0.25) is 36.3 Å². The van der Waals surface area contributed by atoms with Gasteiger partial charge in [0, 0.05) is 18.9 Å². The molecular formula is C45H58NO6PSi2. The van der Waals surface area contributed by atoms with E-state index in [0.29, 0.717) is 11.3 Å². The van der Waals surface area contributed by atoms with Crippen molar-refractivity contribution < 1.29 is 28.3 Å². The Morgan fingerprint density at radius 3 is 1.60 bits per heavy atom. The smallest absolute Gasteiger partial charge is 0.353 e. The van der Waals surface area contributed by atoms with E-state index < -0.39 is 47.6 Å². The first-order chi connectivity index (χ1) is 25.6. The summed E-state index contributed by atoms with van der Waals surface area (Å²) in [5.74, 6) is -1.84. The van der Waals surface area contributed by atoms with Gasteiger partial charge in [-0.3, -0.25) is 9.59 Å². The molecule has 55 heavy (non-hydrogen) atoms. The van der Waals surface area contributed by atoms with Crippen molar-refractivity contribution in [3.63, 3.8) is 0 Å². The molecule has 0 aromatic heterocycles. The maximum absolute atomic E-state index is 14.9. The molecule has 1 heterocycles. The zero-order valence-corrected chi connectivity index (χ0v) is 37.2. The van der Waals surface area contributed by atoms with Gasteiger partial charge in [-0.15, -0.1) is 0 Å². The number of β-lactam (4-membered cyclic amide) rings is 1. The number of likely N-dealkylation sites (tertiary alicyclic amines) is 1. The van der Waals surface area contributed by atoms with E-state index in [2.05, 4.69) is 67.7 Å². The summed E-state index contributed by atoms with van der Waals surface area (Å²) in [6.07, 6.45) is -0.635. The molecule has 10 heteroatoms. The van der Waals surface area contributed by atoms with Gasteiger partial charge in [-0.25, -0.2) is 4.79 Å². The lowest BCUT2D eigenvalue weighted by Crippen LogP contribution is -2.69. The second-order valence-corrected chi connectivity index (χ2v) is 30.5. The van der Waals surface area contributed by atoms with Gasteiger partial charge >= 0.3 is 5.97 Å². The number of carbonyl (C=O) groups is 3. The van der Waals surface area contributed by atoms with Crippen LogP contribution in [0.25, 0.3) is 0 Å². The van der Waals surface area contributed by atoms with E-state index >= 15 is 0 Å². The summed E-state index contributed by atoms with van der Waals surface area (Å²) in [5.41, 5.74) is 0.448. The number of carboxylic acid groups (broad SMARTS) is 1. The fraction of sp³-hybridized carbons (Fsp3) is 0.378. The fourth-order valence-electron chi connectivity index (χ4n) is 6.94. The molecule has 1 aliphatic rings. The molecule has 1 N–H and O–H groups in total. The Balaban J connectivity index is 1.74. The van der Waals surface area contributed by atoms with Gasteiger partial charge in [0.25, 0.3) is 0 Å². The summed E-state index contributed by atoms with van der Waals surface area (Å²) < 4.78 is 13.4. The number of aliphatic carboxylic acids is 1. The maximum Gasteiger partial charge on any atom is 0.353 e. The zero-order chi connectivity index (χ0) is 40.6. The van der Waals surface area contributed by atoms with Gasteiger partial charge in [-0.05, 0) is 71.2 Å². The first-order valence-corrected chi connectivity index (χ1v) is 26.7. The van der Waals surface area contributed by atoms with Crippen molar-refractivity contribution in [1.82, 2.24) is 4.90 Å². The number of hydrogen-bond donors (Lipinski definition) is 1. The van der Waals surface area contributed by atoms with Crippen LogP contribution < -0.4 is 20.3 Å². The highest BCUT2D eigenvalue weighted by Crippen LogP contribution is 2.50. The van der Waals surface area contributed by atoms with Crippen LogP contribution in [0.4, 0.5) is 0 Å². The topological polar surface area (TPSA) is 93.1 Å². The number of carboxylic acids is 1. The van der Waals surface area contributed by atoms with Crippen LogP contribution in [0, 0.1) is 5.92 Å². The van der Waals surface area contributed by atoms with Crippen LogP contribution in [0.3, 0.4) is 0 Å². The lowest BCUT2D eigenvalue weighted by atomic mass is 9.79. The molecule has 4 aromatic rings. The fourth-order valence-corrected chi connectivity index (χ4v) is 13.7. The molecule has 0 saturated carbocycles. The predicted molar refractivity (Wildman–Crippen MR) is 233 cm³/mol. The number of carbonyl (C=O) groups excluding carboxylic acids is 2. The maximum atomic E-state index is 14.9. The van der Waals surface area contributed by atoms with Gasteiger partial charge in [0.2, 0.25) is 14.2 Å². The molecule has 1 fully saturated rings. The Hall–Kier alpha value is -4.02. The molecule has 7 nitrogen and oxygen atoms in total. The molecular weight excluding hydrogens is 738 g/mol. The van der Waals surface area contributed by atoms with Crippen molar-refractivity contribution >= 4 is 62.5 Å². The summed E-state index contributed by atoms with van der Waals surface area (Å²) in [7, 11) is -4.57. The lowest BCUT2D eigenvalue weighted by molar-refractivity contribution is -0.155. The molecule has 292 valence electrons. The normalized spacial score (nSPS) is 17.3. The Morgan fingerprint density at radius 1 is 0.727 bits per heavy atom. The quantitative estimate of drug-likeness (QED) is 0.0629. The minimum Gasteiger partial charge on any atom is -0.543 e. The summed E-state index contributed by atoms with van der Waals surface area (Å²) in [4.78, 5) is 45.0. The molecule has 3 atom stereocenters. The van der Waals surface area contributed by atoms with E-state index in [9.17, 15) is 19.5 Å². The van der Waals surface area contributed by atoms with Gasteiger partial charge in [-0.1, -0.05) is 145 Å². The minimum absolute atomic E-state index is 0.00955. The second kappa shape index (κ2) is 15.9. The van der Waals surface area contributed by atoms with Crippen molar-refractivity contribution in [2.75, 3.05) is 0 Å². The Bertz CT molecular complexity index is 1970. The Kier molecular flexibility index (Phi) is 12.1. The van der Waals surface area contributed by atoms with E-state index in [-0.39, 0.29) is 33.6 Å². The molecule has 0 unspecified atom stereocenters. The van der Waals surface area contributed by atoms with E-state index in [1.807, 2.05) is 110 Å². The van der Waals surface area contributed by atoms with Crippen LogP contribution in [0.5, 0.6) is 5.75 Å². The monoisotopic (exact) mass is 795 g/mol. The highest BCUT2D eigenvalue weighted by Gasteiger charge is 2.57. The van der Waals surface area contributed by atoms with Crippen LogP contribution in [-0.2, 0) is 14.0 Å². The van der Waals surface area contributed by atoms with Crippen LogP contribution in [0.15, 0.2) is 115 Å². The van der Waals surface area contributed by atoms with E-state index in [4.69, 9.17) is 8.85 Å². The number of Topliss-reactive ketones (excluding diaryl/α,β-unsaturated/α-hetero) is 1. The molecule has 0 aliphatic carbocycles. The third kappa shape index (κ3) is 8.27. The van der Waals surface area contributed by atoms with Crippen LogP contribution in [0.1, 0.15) is 65.2 Å². The van der Waals surface area contributed by atoms with E-state index in [0.717, 1.165) is 15.9 Å². The average molecular weight is 796 g/mol. The molecule has 5 rings (SSSR count).